The zero-order chi connectivity index (χ0) is 29.4. The van der Waals surface area contributed by atoms with Gasteiger partial charge in [-0.05, 0) is 68.3 Å². The van der Waals surface area contributed by atoms with Crippen LogP contribution in [0.2, 0.25) is 10.0 Å². The van der Waals surface area contributed by atoms with E-state index >= 15 is 0 Å². The van der Waals surface area contributed by atoms with Gasteiger partial charge in [0.05, 0.1) is 22.7 Å². The molecule has 0 heterocycles. The lowest BCUT2D eigenvalue weighted by atomic mass is 10.1. The highest BCUT2D eigenvalue weighted by molar-refractivity contribution is 7.92. The van der Waals surface area contributed by atoms with E-state index < -0.39 is 28.5 Å². The lowest BCUT2D eigenvalue weighted by Gasteiger charge is -2.33. The van der Waals surface area contributed by atoms with Crippen molar-refractivity contribution in [3.8, 4) is 5.75 Å². The molecule has 0 spiro atoms. The molecule has 1 atom stereocenters. The Kier molecular flexibility index (Phi) is 10.8. The Bertz CT molecular complexity index is 1450. The number of ether oxygens (including phenoxy) is 1. The number of aryl methyl sites for hydroxylation is 1. The molecule has 40 heavy (non-hydrogen) atoms. The third-order valence-corrected chi connectivity index (χ3v) is 8.62. The predicted molar refractivity (Wildman–Crippen MR) is 158 cm³/mol. The van der Waals surface area contributed by atoms with Crippen molar-refractivity contribution in [2.75, 3.05) is 24.5 Å². The Balaban J connectivity index is 2.11. The van der Waals surface area contributed by atoms with Crippen molar-refractivity contribution < 1.29 is 22.7 Å². The number of carbonyl (C=O) groups excluding carboxylic acids is 2. The van der Waals surface area contributed by atoms with E-state index in [-0.39, 0.29) is 33.1 Å². The van der Waals surface area contributed by atoms with E-state index in [9.17, 15) is 18.0 Å². The Morgan fingerprint density at radius 3 is 2.33 bits per heavy atom. The minimum absolute atomic E-state index is 0.0166. The topological polar surface area (TPSA) is 96.0 Å². The number of methoxy groups -OCH3 is 1. The van der Waals surface area contributed by atoms with Crippen LogP contribution in [-0.2, 0) is 26.2 Å². The fourth-order valence-corrected chi connectivity index (χ4v) is 6.07. The molecule has 2 amide bonds. The molecule has 0 saturated heterocycles. The molecule has 214 valence electrons. The average molecular weight is 607 g/mol. The minimum atomic E-state index is -4.26. The molecule has 0 aliphatic rings. The zero-order valence-electron chi connectivity index (χ0n) is 22.9. The molecule has 0 aliphatic heterocycles. The van der Waals surface area contributed by atoms with Gasteiger partial charge in [-0.3, -0.25) is 13.9 Å². The molecule has 3 rings (SSSR count). The van der Waals surface area contributed by atoms with Crippen LogP contribution in [0.4, 0.5) is 5.69 Å². The largest absolute Gasteiger partial charge is 0.497 e. The molecule has 0 aromatic heterocycles. The van der Waals surface area contributed by atoms with Gasteiger partial charge in [-0.25, -0.2) is 8.42 Å². The van der Waals surface area contributed by atoms with Crippen molar-refractivity contribution in [1.29, 1.82) is 0 Å². The van der Waals surface area contributed by atoms with E-state index in [0.29, 0.717) is 24.3 Å². The highest BCUT2D eigenvalue weighted by Gasteiger charge is 2.34. The lowest BCUT2D eigenvalue weighted by Crippen LogP contribution is -2.52. The maximum absolute atomic E-state index is 14.1. The van der Waals surface area contributed by atoms with Gasteiger partial charge in [-0.15, -0.1) is 0 Å². The number of nitrogens with one attached hydrogen (secondary N) is 1. The molecule has 3 aromatic rings. The summed E-state index contributed by atoms with van der Waals surface area (Å²) in [6, 6.07) is 17.0. The van der Waals surface area contributed by atoms with Gasteiger partial charge in [-0.2, -0.15) is 0 Å². The van der Waals surface area contributed by atoms with E-state index in [4.69, 9.17) is 27.9 Å². The highest BCUT2D eigenvalue weighted by atomic mass is 35.5. The lowest BCUT2D eigenvalue weighted by molar-refractivity contribution is -0.140. The molecule has 11 heteroatoms. The van der Waals surface area contributed by atoms with Gasteiger partial charge in [0.15, 0.2) is 0 Å². The fourth-order valence-electron chi connectivity index (χ4n) is 4.21. The van der Waals surface area contributed by atoms with E-state index in [0.717, 1.165) is 9.87 Å². The molecule has 0 unspecified atom stereocenters. The molecule has 8 nitrogen and oxygen atoms in total. The predicted octanol–water partition coefficient (Wildman–Crippen LogP) is 5.45. The second-order valence-electron chi connectivity index (χ2n) is 9.11. The maximum Gasteiger partial charge on any atom is 0.264 e. The molecule has 0 radical (unpaired) electrons. The highest BCUT2D eigenvalue weighted by Crippen LogP contribution is 2.33. The van der Waals surface area contributed by atoms with Crippen LogP contribution in [0.15, 0.2) is 71.6 Å². The normalized spacial score (nSPS) is 11.9. The van der Waals surface area contributed by atoms with Crippen LogP contribution in [0.3, 0.4) is 0 Å². The van der Waals surface area contributed by atoms with E-state index in [2.05, 4.69) is 5.32 Å². The smallest absolute Gasteiger partial charge is 0.264 e. The number of hydrogen-bond acceptors (Lipinski definition) is 5. The molecular formula is C29H33Cl2N3O5S. The van der Waals surface area contributed by atoms with Gasteiger partial charge in [-0.1, -0.05) is 60.0 Å². The molecule has 1 N–H and O–H groups in total. The van der Waals surface area contributed by atoms with Crippen LogP contribution in [0.1, 0.15) is 31.4 Å². The number of amides is 2. The summed E-state index contributed by atoms with van der Waals surface area (Å²) in [5.41, 5.74) is 1.64. The summed E-state index contributed by atoms with van der Waals surface area (Å²) in [5, 5.41) is 3.12. The summed E-state index contributed by atoms with van der Waals surface area (Å²) in [6.07, 6.45) is 0.310. The zero-order valence-corrected chi connectivity index (χ0v) is 25.2. The molecule has 0 aliphatic carbocycles. The van der Waals surface area contributed by atoms with Crippen molar-refractivity contribution in [2.24, 2.45) is 0 Å². The first kappa shape index (κ1) is 31.3. The van der Waals surface area contributed by atoms with Crippen LogP contribution in [0, 0.1) is 6.92 Å². The SMILES string of the molecule is CCNC(=O)[C@H](CC)N(Cc1cccc(OC)c1)C(=O)CN(c1cc(Cl)ccc1Cl)S(=O)(=O)c1ccc(C)cc1. The number of carbonyl (C=O) groups is 2. The monoisotopic (exact) mass is 605 g/mol. The van der Waals surface area contributed by atoms with Crippen molar-refractivity contribution in [2.45, 2.75) is 44.7 Å². The third kappa shape index (κ3) is 7.47. The Morgan fingerprint density at radius 2 is 1.70 bits per heavy atom. The van der Waals surface area contributed by atoms with Crippen LogP contribution in [0.25, 0.3) is 0 Å². The summed E-state index contributed by atoms with van der Waals surface area (Å²) in [5.74, 6) is -0.340. The molecule has 0 saturated carbocycles. The standard InChI is InChI=1S/C29H33Cl2N3O5S/c1-5-26(29(36)32-6-2)33(18-21-8-7-9-23(16-21)39-4)28(35)19-34(27-17-22(30)12-15-25(27)31)40(37,38)24-13-10-20(3)11-14-24/h7-17,26H,5-6,18-19H2,1-4H3,(H,32,36)/t26-/m0/s1. The van der Waals surface area contributed by atoms with Crippen LogP contribution >= 0.6 is 23.2 Å². The second kappa shape index (κ2) is 13.9. The van der Waals surface area contributed by atoms with Crippen LogP contribution in [0.5, 0.6) is 5.75 Å². The van der Waals surface area contributed by atoms with Crippen molar-refractivity contribution in [3.63, 3.8) is 0 Å². The van der Waals surface area contributed by atoms with Gasteiger partial charge in [0.2, 0.25) is 11.8 Å². The summed E-state index contributed by atoms with van der Waals surface area (Å²) < 4.78 is 34.1. The van der Waals surface area contributed by atoms with Crippen molar-refractivity contribution in [3.05, 3.63) is 87.9 Å². The van der Waals surface area contributed by atoms with Crippen molar-refractivity contribution in [1.82, 2.24) is 10.2 Å². The van der Waals surface area contributed by atoms with Crippen LogP contribution < -0.4 is 14.4 Å². The Hall–Kier alpha value is -3.27. The summed E-state index contributed by atoms with van der Waals surface area (Å²) in [7, 11) is -2.73. The maximum atomic E-state index is 14.1. The Labute approximate surface area is 245 Å². The van der Waals surface area contributed by atoms with Gasteiger partial charge in [0, 0.05) is 18.1 Å². The average Bonchev–Trinajstić information content (AvgIpc) is 2.93. The summed E-state index contributed by atoms with van der Waals surface area (Å²) in [6.45, 7) is 5.23. The first-order valence-electron chi connectivity index (χ1n) is 12.8. The molecule has 0 bridgehead atoms. The fraction of sp³-hybridized carbons (Fsp3) is 0.310. The number of nitrogens with zero attached hydrogens (tertiary/aromatic N) is 2. The first-order chi connectivity index (χ1) is 19.0. The van der Waals surface area contributed by atoms with E-state index in [1.54, 1.807) is 44.2 Å². The van der Waals surface area contributed by atoms with E-state index in [1.807, 2.05) is 13.0 Å². The number of sulfonamides is 1. The van der Waals surface area contributed by atoms with Gasteiger partial charge in [0.1, 0.15) is 18.3 Å². The number of benzene rings is 3. The number of likely N-dealkylation sites (N-methyl/N-ethyl adjacent to an activating group) is 1. The van der Waals surface area contributed by atoms with Crippen molar-refractivity contribution >= 4 is 50.7 Å². The summed E-state index contributed by atoms with van der Waals surface area (Å²) in [4.78, 5) is 28.5. The Morgan fingerprint density at radius 1 is 1.00 bits per heavy atom. The third-order valence-electron chi connectivity index (χ3n) is 6.29. The van der Waals surface area contributed by atoms with Gasteiger partial charge < -0.3 is 15.0 Å². The summed E-state index contributed by atoms with van der Waals surface area (Å²) >= 11 is 12.7. The molecular weight excluding hydrogens is 573 g/mol. The quantitative estimate of drug-likeness (QED) is 0.296. The first-order valence-corrected chi connectivity index (χ1v) is 15.0. The minimum Gasteiger partial charge on any atom is -0.497 e. The van der Waals surface area contributed by atoms with E-state index in [1.165, 1.54) is 42.3 Å². The molecule has 0 fully saturated rings. The number of rotatable bonds is 12. The molecule has 3 aromatic carbocycles. The van der Waals surface area contributed by atoms with Crippen LogP contribution in [-0.4, -0.2) is 51.4 Å². The number of halogens is 2. The van der Waals surface area contributed by atoms with Gasteiger partial charge in [0.25, 0.3) is 10.0 Å². The number of anilines is 1. The second-order valence-corrected chi connectivity index (χ2v) is 11.8. The number of hydrogen-bond donors (Lipinski definition) is 1. The van der Waals surface area contributed by atoms with Gasteiger partial charge >= 0.3 is 0 Å².